The molecule has 0 aliphatic rings. The molecule has 0 atom stereocenters. The van der Waals surface area contributed by atoms with E-state index in [-0.39, 0.29) is 11.3 Å². The van der Waals surface area contributed by atoms with Crippen molar-refractivity contribution in [2.45, 2.75) is 27.2 Å². The third-order valence-electron chi connectivity index (χ3n) is 3.32. The summed E-state index contributed by atoms with van der Waals surface area (Å²) in [6.45, 7) is 6.89. The number of nitrogens with two attached hydrogens (primary N) is 1. The van der Waals surface area contributed by atoms with Gasteiger partial charge in [0.05, 0.1) is 0 Å². The largest absolute Gasteiger partial charge is 0.409 e. The molecule has 1 rings (SSSR count). The Labute approximate surface area is 109 Å². The van der Waals surface area contributed by atoms with Crippen molar-refractivity contribution >= 4 is 11.5 Å². The van der Waals surface area contributed by atoms with E-state index >= 15 is 0 Å². The molecular weight excluding hydrogens is 226 g/mol. The van der Waals surface area contributed by atoms with Gasteiger partial charge in [-0.15, -0.1) is 0 Å². The molecule has 0 spiro atoms. The molecule has 4 nitrogen and oxygen atoms in total. The van der Waals surface area contributed by atoms with Crippen LogP contribution in [0.4, 0.5) is 5.69 Å². The second-order valence-corrected chi connectivity index (χ2v) is 5.38. The van der Waals surface area contributed by atoms with Gasteiger partial charge in [0.2, 0.25) is 0 Å². The Morgan fingerprint density at radius 2 is 2.11 bits per heavy atom. The number of benzene rings is 1. The fraction of sp³-hybridized carbons (Fsp3) is 0.500. The Hall–Kier alpha value is -1.71. The summed E-state index contributed by atoms with van der Waals surface area (Å²) in [6, 6.07) is 8.37. The predicted molar refractivity (Wildman–Crippen MR) is 76.3 cm³/mol. The van der Waals surface area contributed by atoms with Crippen LogP contribution in [0, 0.1) is 12.3 Å². The lowest BCUT2D eigenvalue weighted by molar-refractivity contribution is 0.306. The third-order valence-corrected chi connectivity index (χ3v) is 3.32. The van der Waals surface area contributed by atoms with Crippen molar-refractivity contribution in [2.75, 3.05) is 18.5 Å². The zero-order valence-electron chi connectivity index (χ0n) is 11.6. The van der Waals surface area contributed by atoms with Gasteiger partial charge in [0.15, 0.2) is 0 Å². The fourth-order valence-electron chi connectivity index (χ4n) is 1.71. The van der Waals surface area contributed by atoms with Gasteiger partial charge in [-0.05, 0) is 31.0 Å². The van der Waals surface area contributed by atoms with Gasteiger partial charge in [0.25, 0.3) is 0 Å². The Balaban J connectivity index is 2.64. The van der Waals surface area contributed by atoms with Crippen molar-refractivity contribution in [1.82, 2.24) is 0 Å². The van der Waals surface area contributed by atoms with Crippen molar-refractivity contribution in [3.63, 3.8) is 0 Å². The highest BCUT2D eigenvalue weighted by Gasteiger charge is 2.23. The van der Waals surface area contributed by atoms with Crippen LogP contribution in [0.5, 0.6) is 0 Å². The molecule has 3 N–H and O–H groups in total. The molecular formula is C14H23N3O. The number of anilines is 1. The monoisotopic (exact) mass is 249 g/mol. The summed E-state index contributed by atoms with van der Waals surface area (Å²) in [5.41, 5.74) is 7.81. The molecule has 0 amide bonds. The first kappa shape index (κ1) is 14.4. The molecule has 0 aliphatic heterocycles. The van der Waals surface area contributed by atoms with Gasteiger partial charge in [0, 0.05) is 24.7 Å². The summed E-state index contributed by atoms with van der Waals surface area (Å²) < 4.78 is 0. The van der Waals surface area contributed by atoms with Crippen LogP contribution in [-0.4, -0.2) is 24.6 Å². The molecule has 4 heteroatoms. The lowest BCUT2D eigenvalue weighted by atomic mass is 9.88. The zero-order chi connectivity index (χ0) is 13.8. The first-order chi connectivity index (χ1) is 8.36. The van der Waals surface area contributed by atoms with E-state index < -0.39 is 0 Å². The van der Waals surface area contributed by atoms with Crippen LogP contribution in [0.3, 0.4) is 0 Å². The molecule has 0 heterocycles. The smallest absolute Gasteiger partial charge is 0.144 e. The average Bonchev–Trinajstić information content (AvgIpc) is 2.35. The van der Waals surface area contributed by atoms with Gasteiger partial charge < -0.3 is 15.8 Å². The topological polar surface area (TPSA) is 61.8 Å². The normalized spacial score (nSPS) is 12.6. The Bertz CT molecular complexity index is 427. The van der Waals surface area contributed by atoms with Crippen LogP contribution in [0.2, 0.25) is 0 Å². The molecule has 18 heavy (non-hydrogen) atoms. The van der Waals surface area contributed by atoms with Crippen molar-refractivity contribution in [3.8, 4) is 0 Å². The lowest BCUT2D eigenvalue weighted by Gasteiger charge is -2.27. The molecule has 0 saturated carbocycles. The van der Waals surface area contributed by atoms with E-state index in [0.717, 1.165) is 13.0 Å². The fourth-order valence-corrected chi connectivity index (χ4v) is 1.71. The highest BCUT2D eigenvalue weighted by Crippen LogP contribution is 2.22. The molecule has 0 aliphatic carbocycles. The second-order valence-electron chi connectivity index (χ2n) is 5.38. The van der Waals surface area contributed by atoms with Crippen LogP contribution in [0.1, 0.15) is 25.8 Å². The highest BCUT2D eigenvalue weighted by molar-refractivity contribution is 5.85. The van der Waals surface area contributed by atoms with Gasteiger partial charge in [0.1, 0.15) is 5.84 Å². The van der Waals surface area contributed by atoms with Crippen LogP contribution in [-0.2, 0) is 0 Å². The number of rotatable bonds is 5. The molecule has 1 aromatic carbocycles. The molecule has 1 aromatic rings. The SMILES string of the molecule is Cc1cccc(N(C)CCC(C)(C)C(N)=NO)c1. The minimum atomic E-state index is -0.299. The molecule has 0 bridgehead atoms. The van der Waals surface area contributed by atoms with E-state index in [1.165, 1.54) is 11.3 Å². The van der Waals surface area contributed by atoms with Gasteiger partial charge in [-0.3, -0.25) is 0 Å². The standard InChI is InChI=1S/C14H23N3O/c1-11-6-5-7-12(10-11)17(4)9-8-14(2,3)13(15)16-18/h5-7,10,18H,8-9H2,1-4H3,(H2,15,16). The first-order valence-corrected chi connectivity index (χ1v) is 6.12. The van der Waals surface area contributed by atoms with E-state index in [1.807, 2.05) is 13.8 Å². The molecule has 0 saturated heterocycles. The predicted octanol–water partition coefficient (Wildman–Crippen LogP) is 2.59. The highest BCUT2D eigenvalue weighted by atomic mass is 16.4. The molecule has 100 valence electrons. The quantitative estimate of drug-likeness (QED) is 0.365. The maximum Gasteiger partial charge on any atom is 0.144 e. The lowest BCUT2D eigenvalue weighted by Crippen LogP contribution is -2.35. The average molecular weight is 249 g/mol. The summed E-state index contributed by atoms with van der Waals surface area (Å²) in [7, 11) is 2.05. The summed E-state index contributed by atoms with van der Waals surface area (Å²) >= 11 is 0. The molecule has 0 unspecified atom stereocenters. The Morgan fingerprint density at radius 3 is 2.67 bits per heavy atom. The molecule has 0 radical (unpaired) electrons. The Morgan fingerprint density at radius 1 is 1.44 bits per heavy atom. The second kappa shape index (κ2) is 5.76. The number of hydrogen-bond donors (Lipinski definition) is 2. The number of oxime groups is 1. The number of nitrogens with zero attached hydrogens (tertiary/aromatic N) is 2. The van der Waals surface area contributed by atoms with Gasteiger partial charge in [-0.2, -0.15) is 0 Å². The first-order valence-electron chi connectivity index (χ1n) is 6.12. The van der Waals surface area contributed by atoms with E-state index in [0.29, 0.717) is 0 Å². The van der Waals surface area contributed by atoms with E-state index in [2.05, 4.69) is 48.3 Å². The van der Waals surface area contributed by atoms with Crippen molar-refractivity contribution < 1.29 is 5.21 Å². The summed E-state index contributed by atoms with van der Waals surface area (Å²) in [5.74, 6) is 0.278. The minimum absolute atomic E-state index is 0.278. The Kier molecular flexibility index (Phi) is 4.59. The van der Waals surface area contributed by atoms with Gasteiger partial charge >= 0.3 is 0 Å². The summed E-state index contributed by atoms with van der Waals surface area (Å²) in [5, 5.41) is 11.8. The van der Waals surface area contributed by atoms with E-state index in [4.69, 9.17) is 10.9 Å². The van der Waals surface area contributed by atoms with Crippen LogP contribution >= 0.6 is 0 Å². The number of hydrogen-bond acceptors (Lipinski definition) is 3. The van der Waals surface area contributed by atoms with E-state index in [9.17, 15) is 0 Å². The zero-order valence-corrected chi connectivity index (χ0v) is 11.6. The van der Waals surface area contributed by atoms with Crippen molar-refractivity contribution in [3.05, 3.63) is 29.8 Å². The van der Waals surface area contributed by atoms with Crippen LogP contribution < -0.4 is 10.6 Å². The number of amidine groups is 1. The number of aryl methyl sites for hydroxylation is 1. The molecule has 0 fully saturated rings. The summed E-state index contributed by atoms with van der Waals surface area (Å²) in [4.78, 5) is 2.18. The summed E-state index contributed by atoms with van der Waals surface area (Å²) in [6.07, 6.45) is 0.827. The van der Waals surface area contributed by atoms with Crippen molar-refractivity contribution in [1.29, 1.82) is 0 Å². The van der Waals surface area contributed by atoms with Crippen LogP contribution in [0.25, 0.3) is 0 Å². The van der Waals surface area contributed by atoms with Crippen LogP contribution in [0.15, 0.2) is 29.4 Å². The minimum Gasteiger partial charge on any atom is -0.409 e. The van der Waals surface area contributed by atoms with Gasteiger partial charge in [-0.1, -0.05) is 31.1 Å². The van der Waals surface area contributed by atoms with Gasteiger partial charge in [-0.25, -0.2) is 0 Å². The van der Waals surface area contributed by atoms with Crippen molar-refractivity contribution in [2.24, 2.45) is 16.3 Å². The maximum absolute atomic E-state index is 8.74. The third kappa shape index (κ3) is 3.65. The maximum atomic E-state index is 8.74. The molecule has 0 aromatic heterocycles. The van der Waals surface area contributed by atoms with E-state index in [1.54, 1.807) is 0 Å².